The smallest absolute Gasteiger partial charge is 0.310 e. The highest BCUT2D eigenvalue weighted by molar-refractivity contribution is 5.93. The molecule has 3 atom stereocenters. The molecule has 3 aliphatic carbocycles. The Bertz CT molecular complexity index is 628. The Kier molecular flexibility index (Phi) is 2.26. The number of nitrogens with zero attached hydrogens (tertiary/aromatic N) is 1. The molecule has 0 aromatic carbocycles. The molecule has 3 aliphatic rings. The van der Waals surface area contributed by atoms with Crippen LogP contribution in [0.15, 0.2) is 12.1 Å². The number of pyridine rings is 1. The number of fused-ring (bicyclic) bond motifs is 2. The summed E-state index contributed by atoms with van der Waals surface area (Å²) in [5.74, 6) is -0.766. The molecule has 1 heterocycles. The summed E-state index contributed by atoms with van der Waals surface area (Å²) in [7, 11) is 0. The lowest BCUT2D eigenvalue weighted by atomic mass is 9.80. The van der Waals surface area contributed by atoms with Crippen molar-refractivity contribution < 1.29 is 14.7 Å². The van der Waals surface area contributed by atoms with Crippen LogP contribution in [0.5, 0.6) is 0 Å². The van der Waals surface area contributed by atoms with E-state index in [-0.39, 0.29) is 17.9 Å². The van der Waals surface area contributed by atoms with E-state index in [1.807, 2.05) is 6.07 Å². The Morgan fingerprint density at radius 1 is 1.30 bits per heavy atom. The minimum atomic E-state index is -0.719. The quantitative estimate of drug-likeness (QED) is 0.865. The van der Waals surface area contributed by atoms with Crippen LogP contribution in [0.3, 0.4) is 0 Å². The average molecular weight is 272 g/mol. The van der Waals surface area contributed by atoms with E-state index in [9.17, 15) is 9.59 Å². The third-order valence-corrected chi connectivity index (χ3v) is 5.11. The van der Waals surface area contributed by atoms with Gasteiger partial charge in [0.05, 0.1) is 5.41 Å². The molecule has 5 heteroatoms. The predicted molar refractivity (Wildman–Crippen MR) is 70.3 cm³/mol. The number of rotatable bonds is 3. The lowest BCUT2D eigenvalue weighted by Crippen LogP contribution is -2.48. The van der Waals surface area contributed by atoms with Crippen LogP contribution < -0.4 is 5.32 Å². The molecule has 0 saturated heterocycles. The second-order valence-corrected chi connectivity index (χ2v) is 6.21. The summed E-state index contributed by atoms with van der Waals surface area (Å²) in [5.41, 5.74) is 2.22. The number of aryl methyl sites for hydroxylation is 2. The van der Waals surface area contributed by atoms with Crippen molar-refractivity contribution in [1.82, 2.24) is 10.3 Å². The Labute approximate surface area is 116 Å². The molecule has 0 radical (unpaired) electrons. The van der Waals surface area contributed by atoms with Crippen LogP contribution in [0.25, 0.3) is 0 Å². The lowest BCUT2D eigenvalue weighted by molar-refractivity contribution is -0.147. The maximum Gasteiger partial charge on any atom is 0.310 e. The number of hydrogen-bond acceptors (Lipinski definition) is 3. The van der Waals surface area contributed by atoms with E-state index in [2.05, 4.69) is 10.3 Å². The highest BCUT2D eigenvalue weighted by Gasteiger charge is 2.72. The number of aliphatic carboxylic acids is 1. The van der Waals surface area contributed by atoms with Gasteiger partial charge in [-0.05, 0) is 49.7 Å². The van der Waals surface area contributed by atoms with Gasteiger partial charge < -0.3 is 10.4 Å². The molecule has 2 saturated carbocycles. The van der Waals surface area contributed by atoms with Crippen LogP contribution >= 0.6 is 0 Å². The summed E-state index contributed by atoms with van der Waals surface area (Å²) >= 11 is 0. The van der Waals surface area contributed by atoms with Crippen LogP contribution in [0.2, 0.25) is 0 Å². The molecule has 0 bridgehead atoms. The topological polar surface area (TPSA) is 79.3 Å². The van der Waals surface area contributed by atoms with E-state index < -0.39 is 11.4 Å². The second kappa shape index (κ2) is 3.81. The van der Waals surface area contributed by atoms with Crippen molar-refractivity contribution in [3.8, 4) is 0 Å². The van der Waals surface area contributed by atoms with E-state index >= 15 is 0 Å². The minimum absolute atomic E-state index is 0.00801. The number of carbonyl (C=O) groups is 2. The Balaban J connectivity index is 1.44. The van der Waals surface area contributed by atoms with Crippen molar-refractivity contribution in [2.24, 2.45) is 11.3 Å². The predicted octanol–water partition coefficient (Wildman–Crippen LogP) is 1.16. The number of carboxylic acid groups (broad SMARTS) is 1. The number of carbonyl (C=O) groups excluding carboxylic acids is 1. The van der Waals surface area contributed by atoms with E-state index in [1.54, 1.807) is 6.07 Å². The Morgan fingerprint density at radius 3 is 2.85 bits per heavy atom. The molecular formula is C15H16N2O3. The van der Waals surface area contributed by atoms with Crippen LogP contribution in [0, 0.1) is 11.3 Å². The molecule has 0 spiro atoms. The van der Waals surface area contributed by atoms with E-state index in [1.165, 1.54) is 5.56 Å². The SMILES string of the molecule is O=C(N[C@@H]1C[C@@]2(C(=O)O)C[C@@H]12)c1ccc2c(n1)CCC2. The average Bonchev–Trinajstić information content (AvgIpc) is 2.82. The number of carboxylic acids is 1. The van der Waals surface area contributed by atoms with Gasteiger partial charge in [0.2, 0.25) is 0 Å². The highest BCUT2D eigenvalue weighted by Crippen LogP contribution is 2.67. The van der Waals surface area contributed by atoms with Crippen molar-refractivity contribution >= 4 is 11.9 Å². The summed E-state index contributed by atoms with van der Waals surface area (Å²) in [4.78, 5) is 27.6. The number of nitrogens with one attached hydrogen (secondary N) is 1. The fourth-order valence-electron chi connectivity index (χ4n) is 3.74. The van der Waals surface area contributed by atoms with Gasteiger partial charge >= 0.3 is 5.97 Å². The Morgan fingerprint density at radius 2 is 2.15 bits per heavy atom. The van der Waals surface area contributed by atoms with Gasteiger partial charge in [-0.25, -0.2) is 4.98 Å². The molecule has 1 amide bonds. The largest absolute Gasteiger partial charge is 0.481 e. The molecule has 0 aliphatic heterocycles. The zero-order chi connectivity index (χ0) is 13.9. The van der Waals surface area contributed by atoms with Gasteiger partial charge in [0.15, 0.2) is 0 Å². The molecule has 104 valence electrons. The van der Waals surface area contributed by atoms with Crippen molar-refractivity contribution in [3.63, 3.8) is 0 Å². The number of aromatic nitrogens is 1. The summed E-state index contributed by atoms with van der Waals surface area (Å²) in [6.45, 7) is 0. The molecule has 1 aromatic rings. The van der Waals surface area contributed by atoms with Crippen LogP contribution in [0.4, 0.5) is 0 Å². The molecule has 2 N–H and O–H groups in total. The molecule has 2 fully saturated rings. The molecule has 4 rings (SSSR count). The van der Waals surface area contributed by atoms with Crippen LogP contribution in [0.1, 0.15) is 41.0 Å². The molecule has 20 heavy (non-hydrogen) atoms. The molecule has 0 unspecified atom stereocenters. The fourth-order valence-corrected chi connectivity index (χ4v) is 3.74. The van der Waals surface area contributed by atoms with Crippen molar-refractivity contribution in [1.29, 1.82) is 0 Å². The number of hydrogen-bond donors (Lipinski definition) is 2. The second-order valence-electron chi connectivity index (χ2n) is 6.21. The normalized spacial score (nSPS) is 32.8. The highest BCUT2D eigenvalue weighted by atomic mass is 16.4. The zero-order valence-electron chi connectivity index (χ0n) is 11.1. The van der Waals surface area contributed by atoms with Gasteiger partial charge in [-0.3, -0.25) is 9.59 Å². The van der Waals surface area contributed by atoms with Gasteiger partial charge in [0.1, 0.15) is 5.69 Å². The zero-order valence-corrected chi connectivity index (χ0v) is 11.1. The molecule has 1 aromatic heterocycles. The summed E-state index contributed by atoms with van der Waals surface area (Å²) < 4.78 is 0. The van der Waals surface area contributed by atoms with Crippen molar-refractivity contribution in [2.75, 3.05) is 0 Å². The standard InChI is InChI=1S/C15H16N2O3/c18-13(11-5-4-8-2-1-3-10(8)16-11)17-12-7-15(14(19)20)6-9(12)15/h4-5,9,12H,1-3,6-7H2,(H,17,18)(H,19,20)/t9-,12+,15-/m0/s1. The number of amides is 1. The van der Waals surface area contributed by atoms with Crippen LogP contribution in [-0.2, 0) is 17.6 Å². The van der Waals surface area contributed by atoms with Crippen molar-refractivity contribution in [3.05, 3.63) is 29.1 Å². The third kappa shape index (κ3) is 1.52. The Hall–Kier alpha value is -1.91. The summed E-state index contributed by atoms with van der Waals surface area (Å²) in [5, 5.41) is 12.0. The first kappa shape index (κ1) is 11.9. The summed E-state index contributed by atoms with van der Waals surface area (Å²) in [6, 6.07) is 3.77. The maximum absolute atomic E-state index is 12.2. The van der Waals surface area contributed by atoms with Gasteiger partial charge in [-0.1, -0.05) is 6.07 Å². The van der Waals surface area contributed by atoms with Gasteiger partial charge in [0.25, 0.3) is 5.91 Å². The minimum Gasteiger partial charge on any atom is -0.481 e. The van der Waals surface area contributed by atoms with E-state index in [4.69, 9.17) is 5.11 Å². The third-order valence-electron chi connectivity index (χ3n) is 5.11. The van der Waals surface area contributed by atoms with Gasteiger partial charge in [0, 0.05) is 11.7 Å². The fraction of sp³-hybridized carbons (Fsp3) is 0.533. The monoisotopic (exact) mass is 272 g/mol. The summed E-state index contributed by atoms with van der Waals surface area (Å²) in [6.07, 6.45) is 4.37. The lowest BCUT2D eigenvalue weighted by Gasteiger charge is -2.32. The van der Waals surface area contributed by atoms with E-state index in [0.717, 1.165) is 25.0 Å². The van der Waals surface area contributed by atoms with E-state index in [0.29, 0.717) is 18.5 Å². The van der Waals surface area contributed by atoms with Gasteiger partial charge in [-0.2, -0.15) is 0 Å². The molecule has 5 nitrogen and oxygen atoms in total. The molecular weight excluding hydrogens is 256 g/mol. The first-order valence-electron chi connectivity index (χ1n) is 7.13. The first-order chi connectivity index (χ1) is 9.60. The van der Waals surface area contributed by atoms with Gasteiger partial charge in [-0.15, -0.1) is 0 Å². The first-order valence-corrected chi connectivity index (χ1v) is 7.13. The maximum atomic E-state index is 12.2. The van der Waals surface area contributed by atoms with Crippen LogP contribution in [-0.4, -0.2) is 28.0 Å². The van der Waals surface area contributed by atoms with Crippen molar-refractivity contribution in [2.45, 2.75) is 38.1 Å².